The Balaban J connectivity index is 1.73. The Labute approximate surface area is 166 Å². The molecule has 1 N–H and O–H groups in total. The maximum atomic E-state index is 12.0. The summed E-state index contributed by atoms with van der Waals surface area (Å²) in [4.78, 5) is 12.0. The maximum Gasteiger partial charge on any atom is 0.336 e. The highest BCUT2D eigenvalue weighted by molar-refractivity contribution is 6.35. The van der Waals surface area contributed by atoms with Crippen LogP contribution < -0.4 is 10.9 Å². The van der Waals surface area contributed by atoms with Gasteiger partial charge in [0.2, 0.25) is 0 Å². The summed E-state index contributed by atoms with van der Waals surface area (Å²) >= 11 is 12.3. The molecule has 1 aromatic heterocycles. The Kier molecular flexibility index (Phi) is 4.92. The molecular weight excluding hydrogens is 381 g/mol. The van der Waals surface area contributed by atoms with Crippen molar-refractivity contribution in [2.24, 2.45) is 0 Å². The highest BCUT2D eigenvalue weighted by Crippen LogP contribution is 2.29. The molecule has 4 aromatic rings. The van der Waals surface area contributed by atoms with Crippen LogP contribution in [-0.4, -0.2) is 0 Å². The zero-order valence-corrected chi connectivity index (χ0v) is 16.1. The first-order chi connectivity index (χ1) is 13.0. The summed E-state index contributed by atoms with van der Waals surface area (Å²) in [6.45, 7) is 2.54. The normalized spacial score (nSPS) is 12.6. The number of halogens is 2. The van der Waals surface area contributed by atoms with Crippen LogP contribution in [0.5, 0.6) is 0 Å². The van der Waals surface area contributed by atoms with Crippen LogP contribution in [-0.2, 0) is 6.54 Å². The van der Waals surface area contributed by atoms with Gasteiger partial charge in [-0.05, 0) is 47.0 Å². The van der Waals surface area contributed by atoms with Gasteiger partial charge in [-0.15, -0.1) is 0 Å². The van der Waals surface area contributed by atoms with E-state index >= 15 is 0 Å². The molecule has 5 heteroatoms. The molecule has 0 aliphatic rings. The third-order valence-electron chi connectivity index (χ3n) is 4.74. The van der Waals surface area contributed by atoms with Crippen molar-refractivity contribution in [3.05, 3.63) is 92.3 Å². The molecule has 0 unspecified atom stereocenters. The first kappa shape index (κ1) is 18.1. The fourth-order valence-corrected chi connectivity index (χ4v) is 3.96. The van der Waals surface area contributed by atoms with Gasteiger partial charge in [0.1, 0.15) is 5.58 Å². The van der Waals surface area contributed by atoms with Crippen LogP contribution >= 0.6 is 23.2 Å². The quantitative estimate of drug-likeness (QED) is 0.333. The van der Waals surface area contributed by atoms with Crippen molar-refractivity contribution in [2.45, 2.75) is 19.5 Å². The zero-order chi connectivity index (χ0) is 19.0. The predicted molar refractivity (Wildman–Crippen MR) is 112 cm³/mol. The van der Waals surface area contributed by atoms with E-state index in [1.165, 1.54) is 0 Å². The standard InChI is InChI=1S/C22H17Cl2NO2/c1-13(17-8-7-16(23)11-19(17)24)25-12-15-10-21(26)27-20-9-6-14-4-2-3-5-18(14)22(15)20/h2-11,13,25H,12H2,1H3/t13-/m1/s1. The lowest BCUT2D eigenvalue weighted by Crippen LogP contribution is -2.19. The van der Waals surface area contributed by atoms with Crippen molar-refractivity contribution in [3.8, 4) is 0 Å². The van der Waals surface area contributed by atoms with Gasteiger partial charge in [0.05, 0.1) is 0 Å². The first-order valence-corrected chi connectivity index (χ1v) is 9.41. The number of rotatable bonds is 4. The molecule has 1 atom stereocenters. The number of fused-ring (bicyclic) bond motifs is 3. The molecule has 4 rings (SSSR count). The number of hydrogen-bond donors (Lipinski definition) is 1. The van der Waals surface area contributed by atoms with Crippen LogP contribution in [0.2, 0.25) is 10.0 Å². The summed E-state index contributed by atoms with van der Waals surface area (Å²) in [6, 6.07) is 18.9. The lowest BCUT2D eigenvalue weighted by Gasteiger charge is -2.17. The maximum absolute atomic E-state index is 12.0. The van der Waals surface area contributed by atoms with Crippen molar-refractivity contribution in [2.75, 3.05) is 0 Å². The third-order valence-corrected chi connectivity index (χ3v) is 5.30. The van der Waals surface area contributed by atoms with E-state index in [-0.39, 0.29) is 11.7 Å². The van der Waals surface area contributed by atoms with Crippen molar-refractivity contribution >= 4 is 44.9 Å². The molecule has 3 nitrogen and oxygen atoms in total. The fraction of sp³-hybridized carbons (Fsp3) is 0.136. The average Bonchev–Trinajstić information content (AvgIpc) is 2.65. The minimum atomic E-state index is -0.355. The van der Waals surface area contributed by atoms with Crippen LogP contribution in [0, 0.1) is 0 Å². The van der Waals surface area contributed by atoms with Gasteiger partial charge >= 0.3 is 5.63 Å². The molecule has 0 bridgehead atoms. The van der Waals surface area contributed by atoms with Gasteiger partial charge in [-0.1, -0.05) is 59.6 Å². The van der Waals surface area contributed by atoms with Gasteiger partial charge in [0.25, 0.3) is 0 Å². The minimum absolute atomic E-state index is 0.00737. The Hall–Kier alpha value is -2.33. The molecule has 0 saturated heterocycles. The van der Waals surface area contributed by atoms with Crippen LogP contribution in [0.1, 0.15) is 24.1 Å². The smallest absolute Gasteiger partial charge is 0.336 e. The Morgan fingerprint density at radius 3 is 2.67 bits per heavy atom. The summed E-state index contributed by atoms with van der Waals surface area (Å²) in [5.41, 5.74) is 2.09. The zero-order valence-electron chi connectivity index (χ0n) is 14.6. The summed E-state index contributed by atoms with van der Waals surface area (Å²) in [7, 11) is 0. The number of nitrogens with one attached hydrogen (secondary N) is 1. The van der Waals surface area contributed by atoms with Crippen LogP contribution in [0.25, 0.3) is 21.7 Å². The topological polar surface area (TPSA) is 42.2 Å². The molecule has 0 fully saturated rings. The lowest BCUT2D eigenvalue weighted by molar-refractivity contribution is 0.548. The monoisotopic (exact) mass is 397 g/mol. The molecule has 0 radical (unpaired) electrons. The van der Waals surface area contributed by atoms with Crippen LogP contribution in [0.4, 0.5) is 0 Å². The van der Waals surface area contributed by atoms with Gasteiger partial charge in [-0.25, -0.2) is 4.79 Å². The van der Waals surface area contributed by atoms with E-state index in [0.717, 1.165) is 27.3 Å². The number of benzene rings is 3. The van der Waals surface area contributed by atoms with Gasteiger partial charge in [-0.3, -0.25) is 0 Å². The predicted octanol–water partition coefficient (Wildman–Crippen LogP) is 6.10. The fourth-order valence-electron chi connectivity index (χ4n) is 3.39. The number of hydrogen-bond acceptors (Lipinski definition) is 3. The van der Waals surface area contributed by atoms with E-state index in [4.69, 9.17) is 27.6 Å². The molecule has 0 aliphatic heterocycles. The summed E-state index contributed by atoms with van der Waals surface area (Å²) in [5.74, 6) is 0. The van der Waals surface area contributed by atoms with Gasteiger partial charge in [-0.2, -0.15) is 0 Å². The second-order valence-electron chi connectivity index (χ2n) is 6.52. The van der Waals surface area contributed by atoms with Crippen molar-refractivity contribution in [1.82, 2.24) is 5.32 Å². The SMILES string of the molecule is C[C@@H](NCc1cc(=O)oc2ccc3ccccc3c12)c1ccc(Cl)cc1Cl. The van der Waals surface area contributed by atoms with Crippen molar-refractivity contribution in [3.63, 3.8) is 0 Å². The van der Waals surface area contributed by atoms with Gasteiger partial charge in [0, 0.05) is 34.1 Å². The van der Waals surface area contributed by atoms with E-state index in [2.05, 4.69) is 5.32 Å². The first-order valence-electron chi connectivity index (χ1n) is 8.66. The molecule has 0 aliphatic carbocycles. The van der Waals surface area contributed by atoms with E-state index in [0.29, 0.717) is 22.2 Å². The minimum Gasteiger partial charge on any atom is -0.423 e. The molecule has 0 amide bonds. The van der Waals surface area contributed by atoms with Gasteiger partial charge in [0.15, 0.2) is 0 Å². The molecule has 27 heavy (non-hydrogen) atoms. The molecular formula is C22H17Cl2NO2. The summed E-state index contributed by atoms with van der Waals surface area (Å²) in [5, 5.41) is 7.79. The highest BCUT2D eigenvalue weighted by Gasteiger charge is 2.13. The molecule has 3 aromatic carbocycles. The Morgan fingerprint density at radius 2 is 1.85 bits per heavy atom. The lowest BCUT2D eigenvalue weighted by atomic mass is 10.0. The largest absolute Gasteiger partial charge is 0.423 e. The molecule has 1 heterocycles. The highest BCUT2D eigenvalue weighted by atomic mass is 35.5. The van der Waals surface area contributed by atoms with E-state index < -0.39 is 0 Å². The summed E-state index contributed by atoms with van der Waals surface area (Å²) < 4.78 is 5.42. The van der Waals surface area contributed by atoms with Crippen LogP contribution in [0.15, 0.2) is 69.9 Å². The Bertz CT molecular complexity index is 1200. The Morgan fingerprint density at radius 1 is 1.04 bits per heavy atom. The average molecular weight is 398 g/mol. The van der Waals surface area contributed by atoms with Crippen LogP contribution in [0.3, 0.4) is 0 Å². The van der Waals surface area contributed by atoms with Crippen molar-refractivity contribution in [1.29, 1.82) is 0 Å². The third kappa shape index (κ3) is 3.59. The molecule has 0 saturated carbocycles. The van der Waals surface area contributed by atoms with Crippen molar-refractivity contribution < 1.29 is 4.42 Å². The molecule has 0 spiro atoms. The van der Waals surface area contributed by atoms with E-state index in [1.54, 1.807) is 12.1 Å². The van der Waals surface area contributed by atoms with E-state index in [9.17, 15) is 4.79 Å². The summed E-state index contributed by atoms with van der Waals surface area (Å²) in [6.07, 6.45) is 0. The van der Waals surface area contributed by atoms with E-state index in [1.807, 2.05) is 55.5 Å². The second-order valence-corrected chi connectivity index (χ2v) is 7.36. The second kappa shape index (κ2) is 7.35. The van der Waals surface area contributed by atoms with Gasteiger partial charge < -0.3 is 9.73 Å². The molecule has 136 valence electrons.